The van der Waals surface area contributed by atoms with Gasteiger partial charge in [0.2, 0.25) is 0 Å². The summed E-state index contributed by atoms with van der Waals surface area (Å²) in [5.74, 6) is -1.33. The Bertz CT molecular complexity index is 1130. The molecular formula is C20H20F2N6O. The van der Waals surface area contributed by atoms with Gasteiger partial charge in [0.05, 0.1) is 23.0 Å². The highest BCUT2D eigenvalue weighted by Gasteiger charge is 2.32. The predicted molar refractivity (Wildman–Crippen MR) is 103 cm³/mol. The molecule has 1 aliphatic heterocycles. The zero-order valence-electron chi connectivity index (χ0n) is 15.6. The molecule has 4 heterocycles. The van der Waals surface area contributed by atoms with Crippen molar-refractivity contribution in [2.45, 2.75) is 44.3 Å². The molecule has 9 heteroatoms. The van der Waals surface area contributed by atoms with Crippen LogP contribution in [-0.2, 0) is 6.54 Å². The number of hydrogen-bond donors (Lipinski definition) is 3. The van der Waals surface area contributed by atoms with Gasteiger partial charge in [-0.1, -0.05) is 12.8 Å². The summed E-state index contributed by atoms with van der Waals surface area (Å²) in [6.07, 6.45) is 6.75. The molecular weight excluding hydrogens is 378 g/mol. The molecule has 29 heavy (non-hydrogen) atoms. The van der Waals surface area contributed by atoms with Crippen LogP contribution in [0.5, 0.6) is 0 Å². The molecule has 0 saturated heterocycles. The molecule has 1 saturated carbocycles. The fourth-order valence-electron chi connectivity index (χ4n) is 4.22. The van der Waals surface area contributed by atoms with Crippen LogP contribution in [0.1, 0.15) is 41.6 Å². The Balaban J connectivity index is 1.67. The Kier molecular flexibility index (Phi) is 4.20. The standard InChI is InChI=1S/C20H20F2N6O/c21-10-5-6-28-15(7-10)11(9-25-28)18-16-12(8-24-20(16)29)17(22)19(27-18)26-14-4-2-1-3-13(14)23/h5-7,9,13-14H,1-4,8,23H2,(H,24,29)(H,26,27)/t13-,14+/m0/s1. The molecule has 1 fully saturated rings. The maximum atomic E-state index is 15.2. The third-order valence-corrected chi connectivity index (χ3v) is 5.77. The highest BCUT2D eigenvalue weighted by molar-refractivity contribution is 6.05. The first-order valence-electron chi connectivity index (χ1n) is 9.69. The van der Waals surface area contributed by atoms with Gasteiger partial charge in [0.25, 0.3) is 5.91 Å². The number of carbonyl (C=O) groups excluding carboxylic acids is 1. The number of anilines is 1. The second kappa shape index (κ2) is 6.77. The van der Waals surface area contributed by atoms with Gasteiger partial charge in [0, 0.05) is 42.0 Å². The quantitative estimate of drug-likeness (QED) is 0.630. The van der Waals surface area contributed by atoms with E-state index in [2.05, 4.69) is 20.7 Å². The number of hydrogen-bond acceptors (Lipinski definition) is 5. The number of halogens is 2. The molecule has 3 aromatic rings. The van der Waals surface area contributed by atoms with Crippen LogP contribution < -0.4 is 16.4 Å². The van der Waals surface area contributed by atoms with Crippen LogP contribution in [0.4, 0.5) is 14.6 Å². The number of fused-ring (bicyclic) bond motifs is 2. The highest BCUT2D eigenvalue weighted by Crippen LogP contribution is 2.35. The first kappa shape index (κ1) is 18.0. The number of nitrogens with one attached hydrogen (secondary N) is 2. The predicted octanol–water partition coefficient (Wildman–Crippen LogP) is 2.60. The molecule has 1 aliphatic carbocycles. The summed E-state index contributed by atoms with van der Waals surface area (Å²) in [6.45, 7) is 0.0779. The monoisotopic (exact) mass is 398 g/mol. The van der Waals surface area contributed by atoms with E-state index >= 15 is 4.39 Å². The van der Waals surface area contributed by atoms with Gasteiger partial charge in [-0.15, -0.1) is 0 Å². The van der Waals surface area contributed by atoms with Gasteiger partial charge in [-0.3, -0.25) is 4.79 Å². The molecule has 0 aromatic carbocycles. The van der Waals surface area contributed by atoms with E-state index in [1.54, 1.807) is 0 Å². The smallest absolute Gasteiger partial charge is 0.254 e. The van der Waals surface area contributed by atoms with Gasteiger partial charge in [-0.25, -0.2) is 18.3 Å². The summed E-state index contributed by atoms with van der Waals surface area (Å²) in [7, 11) is 0. The molecule has 0 bridgehead atoms. The van der Waals surface area contributed by atoms with E-state index in [1.807, 2.05) is 0 Å². The topological polar surface area (TPSA) is 97.3 Å². The molecule has 0 radical (unpaired) electrons. The second-order valence-electron chi connectivity index (χ2n) is 7.59. The second-order valence-corrected chi connectivity index (χ2v) is 7.59. The number of rotatable bonds is 3. The Labute approximate surface area is 165 Å². The summed E-state index contributed by atoms with van der Waals surface area (Å²) in [5.41, 5.74) is 7.82. The van der Waals surface area contributed by atoms with Crippen molar-refractivity contribution in [1.82, 2.24) is 19.9 Å². The van der Waals surface area contributed by atoms with Crippen LogP contribution in [0.15, 0.2) is 24.5 Å². The molecule has 7 nitrogen and oxygen atoms in total. The largest absolute Gasteiger partial charge is 0.363 e. The van der Waals surface area contributed by atoms with Crippen LogP contribution in [0, 0.1) is 11.6 Å². The van der Waals surface area contributed by atoms with E-state index in [0.717, 1.165) is 25.7 Å². The van der Waals surface area contributed by atoms with Gasteiger partial charge in [-0.2, -0.15) is 5.10 Å². The van der Waals surface area contributed by atoms with E-state index in [9.17, 15) is 9.18 Å². The van der Waals surface area contributed by atoms with Crippen molar-refractivity contribution in [1.29, 1.82) is 0 Å². The summed E-state index contributed by atoms with van der Waals surface area (Å²) >= 11 is 0. The third-order valence-electron chi connectivity index (χ3n) is 5.77. The summed E-state index contributed by atoms with van der Waals surface area (Å²) in [4.78, 5) is 16.9. The lowest BCUT2D eigenvalue weighted by molar-refractivity contribution is 0.0966. The number of nitrogens with two attached hydrogens (primary N) is 1. The summed E-state index contributed by atoms with van der Waals surface area (Å²) < 4.78 is 30.5. The maximum absolute atomic E-state index is 15.2. The van der Waals surface area contributed by atoms with E-state index in [4.69, 9.17) is 5.73 Å². The SMILES string of the molecule is N[C@H]1CCCC[C@H]1Nc1nc(-c2cnn3ccc(F)cc23)c2c(c1F)CNC2=O. The van der Waals surface area contributed by atoms with Crippen molar-refractivity contribution < 1.29 is 13.6 Å². The minimum Gasteiger partial charge on any atom is -0.363 e. The zero-order chi connectivity index (χ0) is 20.1. The number of nitrogens with zero attached hydrogens (tertiary/aromatic N) is 3. The number of carbonyl (C=O) groups is 1. The van der Waals surface area contributed by atoms with Crippen LogP contribution >= 0.6 is 0 Å². The first-order valence-corrected chi connectivity index (χ1v) is 9.69. The third kappa shape index (κ3) is 2.93. The fraction of sp³-hybridized carbons (Fsp3) is 0.350. The van der Waals surface area contributed by atoms with Gasteiger partial charge in [-0.05, 0) is 18.9 Å². The Morgan fingerprint density at radius 3 is 2.93 bits per heavy atom. The molecule has 5 rings (SSSR count). The molecule has 150 valence electrons. The van der Waals surface area contributed by atoms with Crippen molar-refractivity contribution in [3.05, 3.63) is 47.3 Å². The molecule has 0 unspecified atom stereocenters. The van der Waals surface area contributed by atoms with Crippen LogP contribution in [-0.4, -0.2) is 32.6 Å². The molecule has 3 aromatic heterocycles. The van der Waals surface area contributed by atoms with Crippen molar-refractivity contribution in [3.63, 3.8) is 0 Å². The Morgan fingerprint density at radius 2 is 2.10 bits per heavy atom. The minimum absolute atomic E-state index is 0.0633. The van der Waals surface area contributed by atoms with Crippen molar-refractivity contribution in [2.75, 3.05) is 5.32 Å². The molecule has 1 amide bonds. The van der Waals surface area contributed by atoms with Gasteiger partial charge >= 0.3 is 0 Å². The minimum atomic E-state index is -0.553. The van der Waals surface area contributed by atoms with E-state index in [1.165, 1.54) is 29.0 Å². The van der Waals surface area contributed by atoms with Gasteiger partial charge in [0.15, 0.2) is 11.6 Å². The van der Waals surface area contributed by atoms with E-state index in [-0.39, 0.29) is 41.3 Å². The summed E-state index contributed by atoms with van der Waals surface area (Å²) in [5, 5.41) is 10.0. The van der Waals surface area contributed by atoms with Crippen LogP contribution in [0.3, 0.4) is 0 Å². The van der Waals surface area contributed by atoms with Crippen molar-refractivity contribution >= 4 is 17.2 Å². The van der Waals surface area contributed by atoms with E-state index < -0.39 is 17.5 Å². The molecule has 2 atom stereocenters. The zero-order valence-corrected chi connectivity index (χ0v) is 15.6. The van der Waals surface area contributed by atoms with E-state index in [0.29, 0.717) is 11.1 Å². The summed E-state index contributed by atoms with van der Waals surface area (Å²) in [6, 6.07) is 2.42. The Hall–Kier alpha value is -3.07. The highest BCUT2D eigenvalue weighted by atomic mass is 19.1. The molecule has 2 aliphatic rings. The molecule has 0 spiro atoms. The average molecular weight is 398 g/mol. The number of aromatic nitrogens is 3. The number of amides is 1. The molecule has 4 N–H and O–H groups in total. The lowest BCUT2D eigenvalue weighted by Crippen LogP contribution is -2.43. The average Bonchev–Trinajstić information content (AvgIpc) is 3.30. The van der Waals surface area contributed by atoms with Crippen LogP contribution in [0.25, 0.3) is 16.8 Å². The lowest BCUT2D eigenvalue weighted by atomic mass is 9.91. The van der Waals surface area contributed by atoms with Crippen LogP contribution in [0.2, 0.25) is 0 Å². The fourth-order valence-corrected chi connectivity index (χ4v) is 4.22. The van der Waals surface area contributed by atoms with Crippen molar-refractivity contribution in [3.8, 4) is 11.3 Å². The normalized spacial score (nSPS) is 21.3. The maximum Gasteiger partial charge on any atom is 0.254 e. The van der Waals surface area contributed by atoms with Gasteiger partial charge < -0.3 is 16.4 Å². The Morgan fingerprint density at radius 1 is 1.28 bits per heavy atom. The van der Waals surface area contributed by atoms with Crippen molar-refractivity contribution in [2.24, 2.45) is 5.73 Å². The lowest BCUT2D eigenvalue weighted by Gasteiger charge is -2.30. The first-order chi connectivity index (χ1) is 14.0. The number of pyridine rings is 2. The van der Waals surface area contributed by atoms with Gasteiger partial charge in [0.1, 0.15) is 5.82 Å².